The van der Waals surface area contributed by atoms with Crippen LogP contribution in [0.1, 0.15) is 11.4 Å². The Bertz CT molecular complexity index is 1210. The third kappa shape index (κ3) is 3.52. The van der Waals surface area contributed by atoms with Crippen LogP contribution in [0, 0.1) is 0 Å². The molecule has 0 unspecified atom stereocenters. The number of thiophene rings is 1. The van der Waals surface area contributed by atoms with Gasteiger partial charge in [-0.3, -0.25) is 9.69 Å². The van der Waals surface area contributed by atoms with Gasteiger partial charge in [-0.15, -0.1) is 11.3 Å². The van der Waals surface area contributed by atoms with Crippen molar-refractivity contribution in [1.82, 2.24) is 14.9 Å². The lowest BCUT2D eigenvalue weighted by Gasteiger charge is -2.20. The van der Waals surface area contributed by atoms with Crippen LogP contribution < -0.4 is 15.0 Å². The molecule has 0 saturated heterocycles. The summed E-state index contributed by atoms with van der Waals surface area (Å²) < 4.78 is 16.7. The zero-order valence-electron chi connectivity index (χ0n) is 15.8. The van der Waals surface area contributed by atoms with Gasteiger partial charge in [0.15, 0.2) is 11.5 Å². The lowest BCUT2D eigenvalue weighted by molar-refractivity contribution is 0.171. The van der Waals surface area contributed by atoms with Gasteiger partial charge in [0.05, 0.1) is 18.2 Å². The Hall–Kier alpha value is -3.10. The predicted molar refractivity (Wildman–Crippen MR) is 111 cm³/mol. The van der Waals surface area contributed by atoms with Crippen LogP contribution >= 0.6 is 11.3 Å². The maximum Gasteiger partial charge on any atom is 0.260 e. The highest BCUT2D eigenvalue weighted by molar-refractivity contribution is 7.17. The summed E-state index contributed by atoms with van der Waals surface area (Å²) >= 11 is 1.45. The molecule has 5 rings (SSSR count). The van der Waals surface area contributed by atoms with Crippen LogP contribution in [0.25, 0.3) is 21.5 Å². The first-order valence-corrected chi connectivity index (χ1v) is 10.2. The van der Waals surface area contributed by atoms with Crippen molar-refractivity contribution in [3.8, 4) is 22.8 Å². The maximum atomic E-state index is 12.7. The van der Waals surface area contributed by atoms with E-state index in [1.54, 1.807) is 6.26 Å². The average molecular weight is 409 g/mol. The predicted octanol–water partition coefficient (Wildman–Crippen LogP) is 3.65. The molecule has 0 bridgehead atoms. The minimum atomic E-state index is -0.148. The summed E-state index contributed by atoms with van der Waals surface area (Å²) in [6, 6.07) is 9.61. The number of benzene rings is 1. The molecule has 4 aromatic rings. The van der Waals surface area contributed by atoms with Crippen LogP contribution in [-0.4, -0.2) is 35.1 Å². The van der Waals surface area contributed by atoms with Crippen molar-refractivity contribution in [2.24, 2.45) is 0 Å². The van der Waals surface area contributed by atoms with E-state index in [4.69, 9.17) is 13.9 Å². The largest absolute Gasteiger partial charge is 0.486 e. The van der Waals surface area contributed by atoms with E-state index < -0.39 is 0 Å². The van der Waals surface area contributed by atoms with E-state index in [2.05, 4.69) is 14.9 Å². The molecule has 0 fully saturated rings. The van der Waals surface area contributed by atoms with Gasteiger partial charge in [-0.1, -0.05) is 6.07 Å². The number of nitrogens with one attached hydrogen (secondary N) is 1. The molecule has 1 N–H and O–H groups in total. The minimum absolute atomic E-state index is 0.148. The number of rotatable bonds is 5. The van der Waals surface area contributed by atoms with Crippen molar-refractivity contribution < 1.29 is 13.9 Å². The van der Waals surface area contributed by atoms with Crippen molar-refractivity contribution >= 4 is 21.6 Å². The zero-order chi connectivity index (χ0) is 19.8. The number of aromatic nitrogens is 2. The van der Waals surface area contributed by atoms with Crippen LogP contribution in [0.5, 0.6) is 11.5 Å². The summed E-state index contributed by atoms with van der Waals surface area (Å²) in [5.74, 6) is 2.87. The van der Waals surface area contributed by atoms with Gasteiger partial charge in [0.25, 0.3) is 5.56 Å². The summed E-state index contributed by atoms with van der Waals surface area (Å²) in [4.78, 5) is 23.1. The number of nitrogens with zero attached hydrogens (tertiary/aromatic N) is 2. The van der Waals surface area contributed by atoms with E-state index in [-0.39, 0.29) is 5.56 Å². The molecule has 8 heteroatoms. The number of hydrogen-bond acceptors (Lipinski definition) is 7. The monoisotopic (exact) mass is 409 g/mol. The third-order valence-electron chi connectivity index (χ3n) is 4.76. The molecule has 148 valence electrons. The molecule has 0 spiro atoms. The van der Waals surface area contributed by atoms with Gasteiger partial charge < -0.3 is 18.9 Å². The first kappa shape index (κ1) is 18.0. The maximum absolute atomic E-state index is 12.7. The van der Waals surface area contributed by atoms with Gasteiger partial charge in [-0.2, -0.15) is 0 Å². The van der Waals surface area contributed by atoms with Crippen molar-refractivity contribution in [2.45, 2.75) is 13.1 Å². The number of ether oxygens (including phenoxy) is 2. The van der Waals surface area contributed by atoms with Gasteiger partial charge in [0.2, 0.25) is 0 Å². The first-order chi connectivity index (χ1) is 14.2. The minimum Gasteiger partial charge on any atom is -0.486 e. The summed E-state index contributed by atoms with van der Waals surface area (Å²) in [5.41, 5.74) is 1.74. The summed E-state index contributed by atoms with van der Waals surface area (Å²) in [6.07, 6.45) is 1.60. The van der Waals surface area contributed by atoms with Gasteiger partial charge in [0, 0.05) is 17.5 Å². The lowest BCUT2D eigenvalue weighted by atomic mass is 10.2. The van der Waals surface area contributed by atoms with E-state index in [0.29, 0.717) is 48.1 Å². The number of hydrogen-bond donors (Lipinski definition) is 1. The van der Waals surface area contributed by atoms with Gasteiger partial charge in [-0.25, -0.2) is 4.98 Å². The number of fused-ring (bicyclic) bond motifs is 2. The van der Waals surface area contributed by atoms with Crippen LogP contribution in [0.2, 0.25) is 0 Å². The van der Waals surface area contributed by atoms with Gasteiger partial charge in [0.1, 0.15) is 29.6 Å². The van der Waals surface area contributed by atoms with E-state index in [1.165, 1.54) is 11.3 Å². The molecule has 1 aliphatic heterocycles. The molecule has 7 nitrogen and oxygen atoms in total. The number of H-pyrrole nitrogens is 1. The fraction of sp³-hybridized carbons (Fsp3) is 0.238. The van der Waals surface area contributed by atoms with E-state index >= 15 is 0 Å². The van der Waals surface area contributed by atoms with Crippen molar-refractivity contribution in [1.29, 1.82) is 0 Å². The quantitative estimate of drug-likeness (QED) is 0.542. The normalized spacial score (nSPS) is 13.3. The fourth-order valence-electron chi connectivity index (χ4n) is 3.49. The highest BCUT2D eigenvalue weighted by Gasteiger charge is 2.16. The molecule has 3 aromatic heterocycles. The topological polar surface area (TPSA) is 80.6 Å². The highest BCUT2D eigenvalue weighted by Crippen LogP contribution is 2.32. The van der Waals surface area contributed by atoms with Crippen LogP contribution in [0.3, 0.4) is 0 Å². The van der Waals surface area contributed by atoms with E-state index in [0.717, 1.165) is 22.6 Å². The Balaban J connectivity index is 1.35. The molecular weight excluding hydrogens is 390 g/mol. The molecular formula is C21H19N3O4S. The number of furan rings is 1. The highest BCUT2D eigenvalue weighted by atomic mass is 32.1. The summed E-state index contributed by atoms with van der Waals surface area (Å²) in [5, 5.41) is 2.48. The standard InChI is InChI=1S/C21H19N3O4S/c1-24(10-13-4-5-16-17(9-13)28-8-7-27-16)11-18-22-20(25)19-14(12-29-21(19)23-18)15-3-2-6-26-15/h2-6,9,12H,7-8,10-11H2,1H3,(H,22,23,25). The Morgan fingerprint density at radius 1 is 1.17 bits per heavy atom. The van der Waals surface area contributed by atoms with Crippen LogP contribution in [-0.2, 0) is 13.1 Å². The summed E-state index contributed by atoms with van der Waals surface area (Å²) in [6.45, 7) is 2.37. The lowest BCUT2D eigenvalue weighted by Crippen LogP contribution is -2.22. The molecule has 4 heterocycles. The second-order valence-electron chi connectivity index (χ2n) is 6.97. The number of aromatic amines is 1. The molecule has 29 heavy (non-hydrogen) atoms. The second kappa shape index (κ2) is 7.38. The molecule has 0 atom stereocenters. The Kier molecular flexibility index (Phi) is 4.57. The van der Waals surface area contributed by atoms with Crippen LogP contribution in [0.4, 0.5) is 0 Å². The fourth-order valence-corrected chi connectivity index (χ4v) is 4.44. The van der Waals surface area contributed by atoms with E-state index in [1.807, 2.05) is 42.8 Å². The molecule has 0 radical (unpaired) electrons. The van der Waals surface area contributed by atoms with Gasteiger partial charge >= 0.3 is 0 Å². The summed E-state index contributed by atoms with van der Waals surface area (Å²) in [7, 11) is 1.99. The Labute approximate surface area is 170 Å². The molecule has 0 aliphatic carbocycles. The molecule has 1 aliphatic rings. The van der Waals surface area contributed by atoms with Crippen molar-refractivity contribution in [2.75, 3.05) is 20.3 Å². The first-order valence-electron chi connectivity index (χ1n) is 9.29. The van der Waals surface area contributed by atoms with Crippen molar-refractivity contribution in [3.63, 3.8) is 0 Å². The zero-order valence-corrected chi connectivity index (χ0v) is 16.6. The molecule has 0 amide bonds. The Morgan fingerprint density at radius 2 is 2.03 bits per heavy atom. The van der Waals surface area contributed by atoms with Crippen molar-refractivity contribution in [3.05, 3.63) is 63.7 Å². The SMILES string of the molecule is CN(Cc1ccc2c(c1)OCCO2)Cc1nc2scc(-c3ccco3)c2c(=O)[nH]1. The second-order valence-corrected chi connectivity index (χ2v) is 7.83. The third-order valence-corrected chi connectivity index (χ3v) is 5.63. The van der Waals surface area contributed by atoms with E-state index in [9.17, 15) is 4.79 Å². The Morgan fingerprint density at radius 3 is 2.86 bits per heavy atom. The molecule has 1 aromatic carbocycles. The smallest absolute Gasteiger partial charge is 0.260 e. The van der Waals surface area contributed by atoms with Gasteiger partial charge in [-0.05, 0) is 36.9 Å². The average Bonchev–Trinajstić information content (AvgIpc) is 3.37. The molecule has 0 saturated carbocycles. The van der Waals surface area contributed by atoms with Crippen LogP contribution in [0.15, 0.2) is 51.2 Å².